The SMILES string of the molecule is CCOC(CSc1ccc(Cl)cc1OC)OCC. The smallest absolute Gasteiger partial charge is 0.166 e. The number of thioether (sulfide) groups is 1. The summed E-state index contributed by atoms with van der Waals surface area (Å²) in [5, 5.41) is 0.669. The van der Waals surface area contributed by atoms with Gasteiger partial charge in [-0.3, -0.25) is 0 Å². The van der Waals surface area contributed by atoms with Crippen LogP contribution in [-0.2, 0) is 9.47 Å². The molecule has 0 N–H and O–H groups in total. The quantitative estimate of drug-likeness (QED) is 0.537. The van der Waals surface area contributed by atoms with Gasteiger partial charge < -0.3 is 14.2 Å². The van der Waals surface area contributed by atoms with Crippen LogP contribution in [-0.4, -0.2) is 32.4 Å². The molecule has 0 saturated heterocycles. The Labute approximate surface area is 118 Å². The standard InChI is InChI=1S/C13H19ClO3S/c1-4-16-13(17-5-2)9-18-12-7-6-10(14)8-11(12)15-3/h6-8,13H,4-5,9H2,1-3H3. The molecule has 1 aromatic carbocycles. The van der Waals surface area contributed by atoms with Crippen LogP contribution in [0.5, 0.6) is 5.75 Å². The first-order valence-corrected chi connectivity index (χ1v) is 7.27. The van der Waals surface area contributed by atoms with Gasteiger partial charge in [0.25, 0.3) is 0 Å². The molecule has 3 nitrogen and oxygen atoms in total. The van der Waals surface area contributed by atoms with Crippen molar-refractivity contribution in [3.8, 4) is 5.75 Å². The molecule has 0 aliphatic heterocycles. The summed E-state index contributed by atoms with van der Waals surface area (Å²) < 4.78 is 16.3. The highest BCUT2D eigenvalue weighted by atomic mass is 35.5. The van der Waals surface area contributed by atoms with E-state index in [-0.39, 0.29) is 6.29 Å². The molecular formula is C13H19ClO3S. The lowest BCUT2D eigenvalue weighted by Crippen LogP contribution is -2.20. The average molecular weight is 291 g/mol. The third-order valence-electron chi connectivity index (χ3n) is 2.21. The summed E-state index contributed by atoms with van der Waals surface area (Å²) >= 11 is 7.55. The molecule has 0 radical (unpaired) electrons. The van der Waals surface area contributed by atoms with E-state index < -0.39 is 0 Å². The minimum absolute atomic E-state index is 0.189. The predicted molar refractivity (Wildman–Crippen MR) is 75.8 cm³/mol. The molecule has 0 unspecified atom stereocenters. The molecule has 0 saturated carbocycles. The average Bonchev–Trinajstić information content (AvgIpc) is 2.37. The van der Waals surface area contributed by atoms with E-state index in [9.17, 15) is 0 Å². The molecule has 0 fully saturated rings. The maximum absolute atomic E-state index is 5.92. The lowest BCUT2D eigenvalue weighted by Gasteiger charge is -2.17. The third kappa shape index (κ3) is 5.06. The Bertz CT molecular complexity index is 354. The highest BCUT2D eigenvalue weighted by Gasteiger charge is 2.11. The van der Waals surface area contributed by atoms with E-state index in [1.807, 2.05) is 26.0 Å². The Morgan fingerprint density at radius 3 is 2.44 bits per heavy atom. The fourth-order valence-corrected chi connectivity index (χ4v) is 2.55. The van der Waals surface area contributed by atoms with E-state index in [0.29, 0.717) is 18.2 Å². The van der Waals surface area contributed by atoms with E-state index >= 15 is 0 Å². The number of methoxy groups -OCH3 is 1. The zero-order valence-corrected chi connectivity index (χ0v) is 12.5. The van der Waals surface area contributed by atoms with Crippen LogP contribution in [0.15, 0.2) is 23.1 Å². The lowest BCUT2D eigenvalue weighted by atomic mass is 10.3. The molecular weight excluding hydrogens is 272 g/mol. The molecule has 0 aromatic heterocycles. The first-order chi connectivity index (χ1) is 8.71. The summed E-state index contributed by atoms with van der Waals surface area (Å²) in [6, 6.07) is 5.60. The van der Waals surface area contributed by atoms with Crippen LogP contribution in [0.3, 0.4) is 0 Å². The molecule has 0 amide bonds. The normalized spacial score (nSPS) is 10.9. The second-order valence-electron chi connectivity index (χ2n) is 3.45. The van der Waals surface area contributed by atoms with Gasteiger partial charge >= 0.3 is 0 Å². The van der Waals surface area contributed by atoms with Crippen LogP contribution >= 0.6 is 23.4 Å². The highest BCUT2D eigenvalue weighted by Crippen LogP contribution is 2.32. The second kappa shape index (κ2) is 8.64. The second-order valence-corrected chi connectivity index (χ2v) is 4.94. The van der Waals surface area contributed by atoms with Gasteiger partial charge in [0.1, 0.15) is 5.75 Å². The number of ether oxygens (including phenoxy) is 3. The van der Waals surface area contributed by atoms with Crippen molar-refractivity contribution in [2.75, 3.05) is 26.1 Å². The number of benzene rings is 1. The molecule has 0 aliphatic rings. The van der Waals surface area contributed by atoms with Crippen molar-refractivity contribution in [2.45, 2.75) is 25.0 Å². The molecule has 1 rings (SSSR count). The molecule has 0 aliphatic carbocycles. The Balaban J connectivity index is 2.60. The van der Waals surface area contributed by atoms with Crippen LogP contribution in [0.25, 0.3) is 0 Å². The van der Waals surface area contributed by atoms with Crippen LogP contribution in [0.4, 0.5) is 0 Å². The monoisotopic (exact) mass is 290 g/mol. The van der Waals surface area contributed by atoms with Gasteiger partial charge in [-0.2, -0.15) is 0 Å². The van der Waals surface area contributed by atoms with Gasteiger partial charge in [-0.05, 0) is 32.0 Å². The Morgan fingerprint density at radius 2 is 1.89 bits per heavy atom. The van der Waals surface area contributed by atoms with E-state index in [1.165, 1.54) is 0 Å². The van der Waals surface area contributed by atoms with Crippen molar-refractivity contribution in [3.63, 3.8) is 0 Å². The highest BCUT2D eigenvalue weighted by molar-refractivity contribution is 7.99. The summed E-state index contributed by atoms with van der Waals surface area (Å²) in [4.78, 5) is 1.03. The van der Waals surface area contributed by atoms with Gasteiger partial charge in [-0.25, -0.2) is 0 Å². The van der Waals surface area contributed by atoms with Gasteiger partial charge in [0, 0.05) is 28.9 Å². The van der Waals surface area contributed by atoms with Crippen LogP contribution in [0.2, 0.25) is 5.02 Å². The van der Waals surface area contributed by atoms with Crippen molar-refractivity contribution in [2.24, 2.45) is 0 Å². The van der Waals surface area contributed by atoms with E-state index in [4.69, 9.17) is 25.8 Å². The molecule has 1 aromatic rings. The molecule has 0 atom stereocenters. The predicted octanol–water partition coefficient (Wildman–Crippen LogP) is 3.84. The zero-order chi connectivity index (χ0) is 13.4. The number of hydrogen-bond acceptors (Lipinski definition) is 4. The number of rotatable bonds is 8. The molecule has 5 heteroatoms. The molecule has 0 heterocycles. The van der Waals surface area contributed by atoms with Crippen molar-refractivity contribution in [1.29, 1.82) is 0 Å². The van der Waals surface area contributed by atoms with E-state index in [0.717, 1.165) is 16.4 Å². The summed E-state index contributed by atoms with van der Waals surface area (Å²) in [7, 11) is 1.64. The Hall–Kier alpha value is -0.420. The first-order valence-electron chi connectivity index (χ1n) is 5.90. The fraction of sp³-hybridized carbons (Fsp3) is 0.538. The summed E-state index contributed by atoms with van der Waals surface area (Å²) in [6.07, 6.45) is -0.189. The zero-order valence-electron chi connectivity index (χ0n) is 10.9. The number of hydrogen-bond donors (Lipinski definition) is 0. The summed E-state index contributed by atoms with van der Waals surface area (Å²) in [5.74, 6) is 1.50. The van der Waals surface area contributed by atoms with Gasteiger partial charge in [0.2, 0.25) is 0 Å². The van der Waals surface area contributed by atoms with Crippen molar-refractivity contribution < 1.29 is 14.2 Å². The van der Waals surface area contributed by atoms with Gasteiger partial charge in [0.15, 0.2) is 6.29 Å². The Kier molecular flexibility index (Phi) is 7.51. The van der Waals surface area contributed by atoms with Crippen LogP contribution < -0.4 is 4.74 Å². The minimum atomic E-state index is -0.189. The Morgan fingerprint density at radius 1 is 1.22 bits per heavy atom. The van der Waals surface area contributed by atoms with Crippen molar-refractivity contribution >= 4 is 23.4 Å². The van der Waals surface area contributed by atoms with Crippen molar-refractivity contribution in [1.82, 2.24) is 0 Å². The summed E-state index contributed by atoms with van der Waals surface area (Å²) in [6.45, 7) is 5.20. The largest absolute Gasteiger partial charge is 0.496 e. The molecule has 0 spiro atoms. The topological polar surface area (TPSA) is 27.7 Å². The van der Waals surface area contributed by atoms with Gasteiger partial charge in [-0.1, -0.05) is 11.6 Å². The van der Waals surface area contributed by atoms with Gasteiger partial charge in [-0.15, -0.1) is 11.8 Å². The molecule has 18 heavy (non-hydrogen) atoms. The van der Waals surface area contributed by atoms with E-state index in [1.54, 1.807) is 24.9 Å². The molecule has 0 bridgehead atoms. The van der Waals surface area contributed by atoms with Crippen LogP contribution in [0.1, 0.15) is 13.8 Å². The number of halogens is 1. The van der Waals surface area contributed by atoms with Gasteiger partial charge in [0.05, 0.1) is 7.11 Å². The minimum Gasteiger partial charge on any atom is -0.496 e. The maximum atomic E-state index is 5.92. The summed E-state index contributed by atoms with van der Waals surface area (Å²) in [5.41, 5.74) is 0. The third-order valence-corrected chi connectivity index (χ3v) is 3.53. The molecule has 102 valence electrons. The first kappa shape index (κ1) is 15.6. The maximum Gasteiger partial charge on any atom is 0.166 e. The van der Waals surface area contributed by atoms with Crippen LogP contribution in [0, 0.1) is 0 Å². The van der Waals surface area contributed by atoms with E-state index in [2.05, 4.69) is 0 Å². The lowest BCUT2D eigenvalue weighted by molar-refractivity contribution is -0.120. The van der Waals surface area contributed by atoms with Crippen molar-refractivity contribution in [3.05, 3.63) is 23.2 Å². The fourth-order valence-electron chi connectivity index (χ4n) is 1.43.